The number of aromatic nitrogens is 2. The SMILES string of the molecule is CN(C)S(=O)(=O)c1cc(C(=O)O[C@@H]2CCC[C@H]2n2cccn2)ccc1Br. The van der Waals surface area contributed by atoms with Crippen molar-refractivity contribution in [2.75, 3.05) is 14.1 Å². The fraction of sp³-hybridized carbons (Fsp3) is 0.412. The van der Waals surface area contributed by atoms with E-state index in [9.17, 15) is 13.2 Å². The summed E-state index contributed by atoms with van der Waals surface area (Å²) in [5.41, 5.74) is 0.208. The van der Waals surface area contributed by atoms with Crippen LogP contribution in [-0.2, 0) is 14.8 Å². The first kappa shape index (κ1) is 19.1. The zero-order valence-corrected chi connectivity index (χ0v) is 16.9. The first-order valence-corrected chi connectivity index (χ1v) is 10.5. The maximum Gasteiger partial charge on any atom is 0.338 e. The van der Waals surface area contributed by atoms with E-state index in [1.807, 2.05) is 16.9 Å². The van der Waals surface area contributed by atoms with Crippen molar-refractivity contribution in [2.45, 2.75) is 36.3 Å². The van der Waals surface area contributed by atoms with Crippen LogP contribution in [0.25, 0.3) is 0 Å². The molecule has 1 heterocycles. The fourth-order valence-electron chi connectivity index (χ4n) is 3.05. The number of halogens is 1. The van der Waals surface area contributed by atoms with Crippen molar-refractivity contribution in [3.63, 3.8) is 0 Å². The molecule has 0 N–H and O–H groups in total. The van der Waals surface area contributed by atoms with E-state index < -0.39 is 16.0 Å². The Bertz CT molecular complexity index is 897. The van der Waals surface area contributed by atoms with Gasteiger partial charge in [0.25, 0.3) is 0 Å². The molecule has 9 heteroatoms. The summed E-state index contributed by atoms with van der Waals surface area (Å²) in [6, 6.07) is 6.30. The molecule has 2 aromatic rings. The fourth-order valence-corrected chi connectivity index (χ4v) is 4.90. The van der Waals surface area contributed by atoms with E-state index in [0.717, 1.165) is 23.6 Å². The monoisotopic (exact) mass is 441 g/mol. The largest absolute Gasteiger partial charge is 0.456 e. The van der Waals surface area contributed by atoms with E-state index in [4.69, 9.17) is 4.74 Å². The summed E-state index contributed by atoms with van der Waals surface area (Å²) in [7, 11) is -0.784. The Morgan fingerprint density at radius 2 is 2.12 bits per heavy atom. The van der Waals surface area contributed by atoms with Gasteiger partial charge in [-0.15, -0.1) is 0 Å². The lowest BCUT2D eigenvalue weighted by atomic mass is 10.2. The quantitative estimate of drug-likeness (QED) is 0.666. The van der Waals surface area contributed by atoms with Crippen molar-refractivity contribution in [3.05, 3.63) is 46.7 Å². The van der Waals surface area contributed by atoms with Crippen LogP contribution < -0.4 is 0 Å². The Kier molecular flexibility index (Phi) is 5.50. The van der Waals surface area contributed by atoms with Crippen LogP contribution in [0.5, 0.6) is 0 Å². The molecule has 0 spiro atoms. The molecule has 0 saturated heterocycles. The van der Waals surface area contributed by atoms with Crippen molar-refractivity contribution in [3.8, 4) is 0 Å². The summed E-state index contributed by atoms with van der Waals surface area (Å²) in [5, 5.41) is 4.24. The Morgan fingerprint density at radius 3 is 2.77 bits per heavy atom. The van der Waals surface area contributed by atoms with Crippen LogP contribution in [0.3, 0.4) is 0 Å². The molecule has 3 rings (SSSR count). The van der Waals surface area contributed by atoms with Gasteiger partial charge in [-0.2, -0.15) is 5.10 Å². The lowest BCUT2D eigenvalue weighted by molar-refractivity contribution is 0.0209. The van der Waals surface area contributed by atoms with Crippen LogP contribution >= 0.6 is 15.9 Å². The highest BCUT2D eigenvalue weighted by molar-refractivity contribution is 9.10. The number of nitrogens with zero attached hydrogens (tertiary/aromatic N) is 3. The van der Waals surface area contributed by atoms with Gasteiger partial charge in [-0.3, -0.25) is 4.68 Å². The standard InChI is InChI=1S/C17H20BrN3O4S/c1-20(2)26(23,24)16-11-12(7-8-13(16)18)17(22)25-15-6-3-5-14(15)21-10-4-9-19-21/h4,7-11,14-15H,3,5-6H2,1-2H3/t14-,15-/m1/s1. The summed E-state index contributed by atoms with van der Waals surface area (Å²) < 4.78 is 33.8. The number of benzene rings is 1. The molecule has 1 saturated carbocycles. The summed E-state index contributed by atoms with van der Waals surface area (Å²) in [6.45, 7) is 0. The molecule has 1 aliphatic carbocycles. The second-order valence-corrected chi connectivity index (χ2v) is 9.34. The molecule has 2 atom stereocenters. The average molecular weight is 442 g/mol. The van der Waals surface area contributed by atoms with Gasteiger partial charge >= 0.3 is 5.97 Å². The third kappa shape index (κ3) is 3.70. The molecule has 0 unspecified atom stereocenters. The lowest BCUT2D eigenvalue weighted by Crippen LogP contribution is -2.26. The summed E-state index contributed by atoms with van der Waals surface area (Å²) in [4.78, 5) is 12.6. The molecule has 26 heavy (non-hydrogen) atoms. The topological polar surface area (TPSA) is 81.5 Å². The first-order valence-electron chi connectivity index (χ1n) is 8.23. The first-order chi connectivity index (χ1) is 12.3. The minimum Gasteiger partial charge on any atom is -0.456 e. The number of rotatable bonds is 5. The van der Waals surface area contributed by atoms with Crippen LogP contribution in [-0.4, -0.2) is 48.7 Å². The summed E-state index contributed by atoms with van der Waals surface area (Å²) in [5.74, 6) is -0.531. The molecule has 1 aromatic carbocycles. The van der Waals surface area contributed by atoms with E-state index >= 15 is 0 Å². The number of sulfonamides is 1. The summed E-state index contributed by atoms with van der Waals surface area (Å²) in [6.07, 6.45) is 5.88. The normalized spacial score (nSPS) is 20.5. The summed E-state index contributed by atoms with van der Waals surface area (Å²) >= 11 is 3.24. The number of ether oxygens (including phenoxy) is 1. The van der Waals surface area contributed by atoms with Crippen LogP contribution in [0, 0.1) is 0 Å². The van der Waals surface area contributed by atoms with E-state index in [0.29, 0.717) is 4.47 Å². The number of carbonyl (C=O) groups excluding carboxylic acids is 1. The van der Waals surface area contributed by atoms with Gasteiger partial charge < -0.3 is 4.74 Å². The van der Waals surface area contributed by atoms with Gasteiger partial charge in [0.1, 0.15) is 6.10 Å². The van der Waals surface area contributed by atoms with Crippen molar-refractivity contribution in [1.29, 1.82) is 0 Å². The maximum atomic E-state index is 12.6. The molecule has 7 nitrogen and oxygen atoms in total. The predicted molar refractivity (Wildman–Crippen MR) is 99.3 cm³/mol. The molecule has 0 bridgehead atoms. The number of esters is 1. The van der Waals surface area contributed by atoms with E-state index in [2.05, 4.69) is 21.0 Å². The lowest BCUT2D eigenvalue weighted by Gasteiger charge is -2.21. The van der Waals surface area contributed by atoms with E-state index in [1.165, 1.54) is 20.2 Å². The molecule has 1 aromatic heterocycles. The highest BCUT2D eigenvalue weighted by atomic mass is 79.9. The zero-order chi connectivity index (χ0) is 18.9. The highest BCUT2D eigenvalue weighted by Crippen LogP contribution is 2.33. The second kappa shape index (κ2) is 7.50. The van der Waals surface area contributed by atoms with Crippen molar-refractivity contribution in [1.82, 2.24) is 14.1 Å². The minimum absolute atomic E-state index is 0.00868. The van der Waals surface area contributed by atoms with Gasteiger partial charge in [0.15, 0.2) is 0 Å². The van der Waals surface area contributed by atoms with Gasteiger partial charge in [0.05, 0.1) is 16.5 Å². The average Bonchev–Trinajstić information content (AvgIpc) is 3.25. The Hall–Kier alpha value is -1.71. The third-order valence-electron chi connectivity index (χ3n) is 4.47. The van der Waals surface area contributed by atoms with Crippen LogP contribution in [0.15, 0.2) is 46.0 Å². The highest BCUT2D eigenvalue weighted by Gasteiger charge is 2.33. The maximum absolute atomic E-state index is 12.6. The number of hydrogen-bond donors (Lipinski definition) is 0. The molecule has 0 aliphatic heterocycles. The van der Waals surface area contributed by atoms with Crippen molar-refractivity contribution in [2.24, 2.45) is 0 Å². The molecular weight excluding hydrogens is 422 g/mol. The Labute approximate surface area is 161 Å². The zero-order valence-electron chi connectivity index (χ0n) is 14.5. The molecule has 0 amide bonds. The molecule has 140 valence electrons. The number of carbonyl (C=O) groups is 1. The van der Waals surface area contributed by atoms with Gasteiger partial charge in [-0.1, -0.05) is 0 Å². The van der Waals surface area contributed by atoms with Crippen LogP contribution in [0.2, 0.25) is 0 Å². The van der Waals surface area contributed by atoms with Crippen LogP contribution in [0.4, 0.5) is 0 Å². The van der Waals surface area contributed by atoms with Gasteiger partial charge in [-0.25, -0.2) is 17.5 Å². The minimum atomic E-state index is -3.67. The number of hydrogen-bond acceptors (Lipinski definition) is 5. The molecule has 1 aliphatic rings. The third-order valence-corrected chi connectivity index (χ3v) is 7.28. The van der Waals surface area contributed by atoms with Crippen LogP contribution in [0.1, 0.15) is 35.7 Å². The second-order valence-electron chi connectivity index (χ2n) is 6.36. The smallest absolute Gasteiger partial charge is 0.338 e. The van der Waals surface area contributed by atoms with E-state index in [-0.39, 0.29) is 22.6 Å². The van der Waals surface area contributed by atoms with Gasteiger partial charge in [0, 0.05) is 31.0 Å². The molecule has 0 radical (unpaired) electrons. The molecule has 1 fully saturated rings. The van der Waals surface area contributed by atoms with Gasteiger partial charge in [0.2, 0.25) is 10.0 Å². The predicted octanol–water partition coefficient (Wildman–Crippen LogP) is 2.85. The molecular formula is C17H20BrN3O4S. The van der Waals surface area contributed by atoms with Crippen molar-refractivity contribution < 1.29 is 17.9 Å². The van der Waals surface area contributed by atoms with Crippen molar-refractivity contribution >= 4 is 31.9 Å². The Balaban J connectivity index is 1.82. The Morgan fingerprint density at radius 1 is 1.35 bits per heavy atom. The van der Waals surface area contributed by atoms with Gasteiger partial charge in [-0.05, 0) is 59.5 Å². The van der Waals surface area contributed by atoms with E-state index in [1.54, 1.807) is 18.3 Å².